The largest absolute Gasteiger partial charge is 0.298 e. The van der Waals surface area contributed by atoms with E-state index < -0.39 is 10.0 Å². The first-order valence-electron chi connectivity index (χ1n) is 7.26. The highest BCUT2D eigenvalue weighted by Gasteiger charge is 2.24. The Labute approximate surface area is 135 Å². The van der Waals surface area contributed by atoms with Gasteiger partial charge in [0.25, 0.3) is 10.0 Å². The third kappa shape index (κ3) is 2.28. The molecule has 5 heteroatoms. The fraction of sp³-hybridized carbons (Fsp3) is 0.167. The molecule has 0 saturated heterocycles. The predicted molar refractivity (Wildman–Crippen MR) is 90.6 cm³/mol. The lowest BCUT2D eigenvalue weighted by molar-refractivity contribution is 0.112. The zero-order chi connectivity index (χ0) is 16.8. The van der Waals surface area contributed by atoms with E-state index in [0.717, 1.165) is 17.4 Å². The van der Waals surface area contributed by atoms with Gasteiger partial charge in [-0.05, 0) is 44.5 Å². The van der Waals surface area contributed by atoms with Gasteiger partial charge in [0.05, 0.1) is 10.4 Å². The molecule has 0 spiro atoms. The summed E-state index contributed by atoms with van der Waals surface area (Å²) in [6.07, 6.45) is 0.762. The number of hydrogen-bond donors (Lipinski definition) is 0. The van der Waals surface area contributed by atoms with Crippen LogP contribution in [0.2, 0.25) is 0 Å². The van der Waals surface area contributed by atoms with Gasteiger partial charge in [-0.3, -0.25) is 4.79 Å². The Morgan fingerprint density at radius 3 is 2.22 bits per heavy atom. The average Bonchev–Trinajstić information content (AvgIpc) is 2.80. The lowest BCUT2D eigenvalue weighted by Crippen LogP contribution is -2.14. The van der Waals surface area contributed by atoms with Crippen molar-refractivity contribution >= 4 is 27.2 Å². The van der Waals surface area contributed by atoms with Crippen molar-refractivity contribution in [2.24, 2.45) is 0 Å². The SMILES string of the molecule is Cc1ccc(S(=O)(=O)n2c(C)c(C)c3c(C=O)cccc32)cc1. The summed E-state index contributed by atoms with van der Waals surface area (Å²) in [5, 5.41) is 0.690. The number of carbonyl (C=O) groups is 1. The van der Waals surface area contributed by atoms with Crippen LogP contribution in [-0.2, 0) is 10.0 Å². The molecule has 1 aromatic heterocycles. The first kappa shape index (κ1) is 15.5. The third-order valence-electron chi connectivity index (χ3n) is 4.20. The zero-order valence-corrected chi connectivity index (χ0v) is 14.0. The third-order valence-corrected chi connectivity index (χ3v) is 6.02. The van der Waals surface area contributed by atoms with E-state index in [9.17, 15) is 13.2 Å². The molecule has 0 atom stereocenters. The van der Waals surface area contributed by atoms with E-state index in [1.54, 1.807) is 49.4 Å². The summed E-state index contributed by atoms with van der Waals surface area (Å²) in [5.74, 6) is 0. The molecular weight excluding hydrogens is 310 g/mol. The summed E-state index contributed by atoms with van der Waals surface area (Å²) in [4.78, 5) is 11.5. The number of aryl methyl sites for hydroxylation is 2. The van der Waals surface area contributed by atoms with Gasteiger partial charge in [0.15, 0.2) is 6.29 Å². The molecule has 0 saturated carbocycles. The highest BCUT2D eigenvalue weighted by Crippen LogP contribution is 2.31. The first-order valence-corrected chi connectivity index (χ1v) is 8.70. The van der Waals surface area contributed by atoms with E-state index in [4.69, 9.17) is 0 Å². The Bertz CT molecular complexity index is 1010. The zero-order valence-electron chi connectivity index (χ0n) is 13.2. The molecule has 0 unspecified atom stereocenters. The van der Waals surface area contributed by atoms with E-state index in [2.05, 4.69) is 0 Å². The molecule has 0 N–H and O–H groups in total. The summed E-state index contributed by atoms with van der Waals surface area (Å²) in [7, 11) is -3.72. The van der Waals surface area contributed by atoms with Crippen LogP contribution in [0.1, 0.15) is 27.2 Å². The van der Waals surface area contributed by atoms with Gasteiger partial charge in [0, 0.05) is 16.6 Å². The number of hydrogen-bond acceptors (Lipinski definition) is 3. The number of nitrogens with zero attached hydrogens (tertiary/aromatic N) is 1. The summed E-state index contributed by atoms with van der Waals surface area (Å²) in [6, 6.07) is 11.9. The topological polar surface area (TPSA) is 56.1 Å². The summed E-state index contributed by atoms with van der Waals surface area (Å²) < 4.78 is 27.5. The normalized spacial score (nSPS) is 11.8. The maximum atomic E-state index is 13.1. The van der Waals surface area contributed by atoms with Gasteiger partial charge in [0.2, 0.25) is 0 Å². The van der Waals surface area contributed by atoms with Crippen LogP contribution >= 0.6 is 0 Å². The van der Waals surface area contributed by atoms with E-state index in [1.165, 1.54) is 3.97 Å². The quantitative estimate of drug-likeness (QED) is 0.690. The number of aromatic nitrogens is 1. The average molecular weight is 327 g/mol. The van der Waals surface area contributed by atoms with Crippen molar-refractivity contribution in [2.45, 2.75) is 25.7 Å². The Balaban J connectivity index is 2.38. The van der Waals surface area contributed by atoms with Gasteiger partial charge in [-0.2, -0.15) is 0 Å². The molecule has 2 aromatic carbocycles. The minimum Gasteiger partial charge on any atom is -0.298 e. The molecule has 0 bridgehead atoms. The Morgan fingerprint density at radius 1 is 0.957 bits per heavy atom. The van der Waals surface area contributed by atoms with Crippen molar-refractivity contribution < 1.29 is 13.2 Å². The van der Waals surface area contributed by atoms with Crippen molar-refractivity contribution in [2.75, 3.05) is 0 Å². The predicted octanol–water partition coefficient (Wildman–Crippen LogP) is 3.62. The number of rotatable bonds is 3. The van der Waals surface area contributed by atoms with E-state index in [1.807, 2.05) is 13.8 Å². The maximum absolute atomic E-state index is 13.1. The number of aldehydes is 1. The molecule has 0 aliphatic carbocycles. The van der Waals surface area contributed by atoms with Gasteiger partial charge in [-0.1, -0.05) is 29.8 Å². The molecule has 0 amide bonds. The number of benzene rings is 2. The molecule has 3 aromatic rings. The standard InChI is InChI=1S/C18H17NO3S/c1-12-7-9-16(10-8-12)23(21,22)19-14(3)13(2)18-15(11-20)5-4-6-17(18)19/h4-11H,1-3H3. The van der Waals surface area contributed by atoms with Crippen LogP contribution in [0.15, 0.2) is 47.4 Å². The number of carbonyl (C=O) groups excluding carboxylic acids is 1. The van der Waals surface area contributed by atoms with Crippen molar-refractivity contribution in [3.05, 3.63) is 64.8 Å². The van der Waals surface area contributed by atoms with Gasteiger partial charge >= 0.3 is 0 Å². The fourth-order valence-electron chi connectivity index (χ4n) is 2.87. The van der Waals surface area contributed by atoms with Crippen LogP contribution in [0.4, 0.5) is 0 Å². The van der Waals surface area contributed by atoms with Crippen LogP contribution < -0.4 is 0 Å². The van der Waals surface area contributed by atoms with Crippen LogP contribution in [0.5, 0.6) is 0 Å². The molecule has 1 heterocycles. The molecule has 23 heavy (non-hydrogen) atoms. The maximum Gasteiger partial charge on any atom is 0.268 e. The Kier molecular flexibility index (Phi) is 3.60. The summed E-state index contributed by atoms with van der Waals surface area (Å²) in [6.45, 7) is 5.51. The first-order chi connectivity index (χ1) is 10.9. The fourth-order valence-corrected chi connectivity index (χ4v) is 4.47. The van der Waals surface area contributed by atoms with Gasteiger partial charge in [-0.15, -0.1) is 0 Å². The van der Waals surface area contributed by atoms with Crippen LogP contribution in [-0.4, -0.2) is 18.7 Å². The Hall–Kier alpha value is -2.40. The smallest absolute Gasteiger partial charge is 0.268 e. The molecule has 4 nitrogen and oxygen atoms in total. The summed E-state index contributed by atoms with van der Waals surface area (Å²) >= 11 is 0. The van der Waals surface area contributed by atoms with E-state index >= 15 is 0 Å². The Morgan fingerprint density at radius 2 is 1.61 bits per heavy atom. The van der Waals surface area contributed by atoms with Crippen molar-refractivity contribution in [1.29, 1.82) is 0 Å². The second-order valence-electron chi connectivity index (χ2n) is 5.65. The number of fused-ring (bicyclic) bond motifs is 1. The van der Waals surface area contributed by atoms with E-state index in [0.29, 0.717) is 22.2 Å². The van der Waals surface area contributed by atoms with Gasteiger partial charge < -0.3 is 0 Å². The monoisotopic (exact) mass is 327 g/mol. The lowest BCUT2D eigenvalue weighted by Gasteiger charge is -2.10. The van der Waals surface area contributed by atoms with Crippen LogP contribution in [0, 0.1) is 20.8 Å². The van der Waals surface area contributed by atoms with Crippen molar-refractivity contribution in [3.8, 4) is 0 Å². The van der Waals surface area contributed by atoms with Gasteiger partial charge in [0.1, 0.15) is 0 Å². The van der Waals surface area contributed by atoms with E-state index in [-0.39, 0.29) is 4.90 Å². The van der Waals surface area contributed by atoms with Crippen molar-refractivity contribution in [1.82, 2.24) is 3.97 Å². The molecule has 0 radical (unpaired) electrons. The van der Waals surface area contributed by atoms with Crippen LogP contribution in [0.3, 0.4) is 0 Å². The molecular formula is C18H17NO3S. The van der Waals surface area contributed by atoms with Gasteiger partial charge in [-0.25, -0.2) is 12.4 Å². The molecule has 0 aliphatic rings. The molecule has 3 rings (SSSR count). The van der Waals surface area contributed by atoms with Crippen LogP contribution in [0.25, 0.3) is 10.9 Å². The molecule has 118 valence electrons. The highest BCUT2D eigenvalue weighted by molar-refractivity contribution is 7.90. The highest BCUT2D eigenvalue weighted by atomic mass is 32.2. The van der Waals surface area contributed by atoms with Crippen molar-refractivity contribution in [3.63, 3.8) is 0 Å². The minimum absolute atomic E-state index is 0.236. The second-order valence-corrected chi connectivity index (χ2v) is 7.44. The molecule has 0 aliphatic heterocycles. The lowest BCUT2D eigenvalue weighted by atomic mass is 10.1. The second kappa shape index (κ2) is 5.35. The molecule has 0 fully saturated rings. The summed E-state index contributed by atoms with van der Waals surface area (Å²) in [5.41, 5.74) is 3.46. The minimum atomic E-state index is -3.72.